The third-order valence-corrected chi connectivity index (χ3v) is 7.13. The van der Waals surface area contributed by atoms with E-state index in [1.54, 1.807) is 0 Å². The molecule has 1 saturated carbocycles. The summed E-state index contributed by atoms with van der Waals surface area (Å²) in [6.45, 7) is 3.89. The van der Waals surface area contributed by atoms with E-state index in [1.807, 2.05) is 4.90 Å². The Morgan fingerprint density at radius 1 is 1.30 bits per heavy atom. The number of hydrogen-bond acceptors (Lipinski definition) is 6. The zero-order valence-electron chi connectivity index (χ0n) is 16.5. The molecular weight excluding hydrogens is 417 g/mol. The van der Waals surface area contributed by atoms with E-state index in [-0.39, 0.29) is 27.7 Å². The fraction of sp³-hybridized carbons (Fsp3) is 0.600. The molecule has 6 nitrogen and oxygen atoms in total. The average Bonchev–Trinajstić information content (AvgIpc) is 3.36. The molecule has 10 heteroatoms. The number of amides is 1. The summed E-state index contributed by atoms with van der Waals surface area (Å²) in [5, 5.41) is 3.91. The van der Waals surface area contributed by atoms with Gasteiger partial charge in [0, 0.05) is 51.3 Å². The van der Waals surface area contributed by atoms with Crippen molar-refractivity contribution in [2.45, 2.75) is 31.2 Å². The lowest BCUT2D eigenvalue weighted by molar-refractivity contribution is -0.136. The van der Waals surface area contributed by atoms with Gasteiger partial charge in [0.1, 0.15) is 5.82 Å². The molecule has 2 saturated heterocycles. The molecule has 0 aromatic carbocycles. The van der Waals surface area contributed by atoms with Crippen LogP contribution in [0.5, 0.6) is 0 Å². The summed E-state index contributed by atoms with van der Waals surface area (Å²) in [5.41, 5.74) is -0.436. The molecule has 0 radical (unpaired) electrons. The number of carbonyl (C=O) groups is 1. The van der Waals surface area contributed by atoms with E-state index in [0.717, 1.165) is 43.0 Å². The quantitative estimate of drug-likeness (QED) is 0.749. The lowest BCUT2D eigenvalue weighted by atomic mass is 10.0. The Hall–Kier alpha value is -1.91. The molecule has 0 atom stereocenters. The van der Waals surface area contributed by atoms with Crippen LogP contribution >= 0.6 is 11.3 Å². The number of rotatable bonds is 6. The number of ether oxygens (including phenoxy) is 1. The van der Waals surface area contributed by atoms with E-state index in [9.17, 15) is 18.0 Å². The normalized spacial score (nSPS) is 21.0. The Morgan fingerprint density at radius 3 is 2.67 bits per heavy atom. The van der Waals surface area contributed by atoms with Gasteiger partial charge in [-0.3, -0.25) is 9.69 Å². The predicted octanol–water partition coefficient (Wildman–Crippen LogP) is 2.97. The van der Waals surface area contributed by atoms with Crippen LogP contribution < -0.4 is 10.2 Å². The Balaban J connectivity index is 1.29. The van der Waals surface area contributed by atoms with Gasteiger partial charge in [0.25, 0.3) is 5.91 Å². The second-order valence-corrected chi connectivity index (χ2v) is 9.22. The van der Waals surface area contributed by atoms with Gasteiger partial charge in [0.15, 0.2) is 0 Å². The number of nitrogens with zero attached hydrogens (tertiary/aromatic N) is 3. The first kappa shape index (κ1) is 20.0. The van der Waals surface area contributed by atoms with E-state index in [0.29, 0.717) is 19.1 Å². The summed E-state index contributed by atoms with van der Waals surface area (Å²) in [5.74, 6) is 0.592. The molecule has 30 heavy (non-hydrogen) atoms. The Bertz CT molecular complexity index is 963. The number of likely N-dealkylation sites (tertiary alicyclic amines) is 1. The molecule has 1 amide bonds. The zero-order valence-corrected chi connectivity index (χ0v) is 17.4. The highest BCUT2D eigenvalue weighted by Gasteiger charge is 2.42. The minimum atomic E-state index is -4.51. The second-order valence-electron chi connectivity index (χ2n) is 8.34. The van der Waals surface area contributed by atoms with Crippen molar-refractivity contribution in [3.8, 4) is 0 Å². The minimum Gasteiger partial charge on any atom is -0.375 e. The number of anilines is 1. The molecule has 1 N–H and O–H groups in total. The monoisotopic (exact) mass is 440 g/mol. The molecule has 3 fully saturated rings. The summed E-state index contributed by atoms with van der Waals surface area (Å²) in [7, 11) is 1.45. The van der Waals surface area contributed by atoms with Crippen LogP contribution in [-0.4, -0.2) is 67.8 Å². The first-order chi connectivity index (χ1) is 14.3. The van der Waals surface area contributed by atoms with Gasteiger partial charge in [-0.05, 0) is 24.8 Å². The van der Waals surface area contributed by atoms with E-state index in [4.69, 9.17) is 4.74 Å². The van der Waals surface area contributed by atoms with Gasteiger partial charge >= 0.3 is 6.18 Å². The zero-order chi connectivity index (χ0) is 21.0. The number of pyridine rings is 1. The predicted molar refractivity (Wildman–Crippen MR) is 108 cm³/mol. The van der Waals surface area contributed by atoms with Crippen LogP contribution in [0.3, 0.4) is 0 Å². The summed E-state index contributed by atoms with van der Waals surface area (Å²) < 4.78 is 46.8. The molecule has 162 valence electrons. The highest BCUT2D eigenvalue weighted by Crippen LogP contribution is 2.41. The lowest BCUT2D eigenvalue weighted by Crippen LogP contribution is -2.67. The Labute approximate surface area is 176 Å². The number of hydrogen-bond donors (Lipinski definition) is 1. The number of fused-ring (bicyclic) bond motifs is 1. The molecule has 4 heterocycles. The van der Waals surface area contributed by atoms with Gasteiger partial charge < -0.3 is 15.0 Å². The Morgan fingerprint density at radius 2 is 2.03 bits per heavy atom. The van der Waals surface area contributed by atoms with E-state index >= 15 is 0 Å². The maximum absolute atomic E-state index is 13.7. The molecule has 0 spiro atoms. The van der Waals surface area contributed by atoms with E-state index < -0.39 is 17.6 Å². The molecule has 0 unspecified atom stereocenters. The fourth-order valence-corrected chi connectivity index (χ4v) is 4.99. The van der Waals surface area contributed by atoms with Crippen molar-refractivity contribution in [3.05, 3.63) is 22.6 Å². The molecule has 2 aromatic heterocycles. The summed E-state index contributed by atoms with van der Waals surface area (Å²) in [6.07, 6.45) is -1.67. The van der Waals surface area contributed by atoms with Crippen LogP contribution in [0.1, 0.15) is 28.8 Å². The van der Waals surface area contributed by atoms with E-state index in [2.05, 4.69) is 15.2 Å². The molecule has 3 aliphatic rings. The van der Waals surface area contributed by atoms with Crippen molar-refractivity contribution in [1.82, 2.24) is 15.2 Å². The van der Waals surface area contributed by atoms with Gasteiger partial charge in [-0.25, -0.2) is 4.98 Å². The van der Waals surface area contributed by atoms with Crippen molar-refractivity contribution in [1.29, 1.82) is 0 Å². The fourth-order valence-electron chi connectivity index (χ4n) is 3.97. The van der Waals surface area contributed by atoms with Crippen molar-refractivity contribution in [2.75, 3.05) is 44.7 Å². The first-order valence-electron chi connectivity index (χ1n) is 10.2. The largest absolute Gasteiger partial charge is 0.417 e. The van der Waals surface area contributed by atoms with Crippen LogP contribution in [0.15, 0.2) is 11.4 Å². The molecule has 5 rings (SSSR count). The molecule has 2 aromatic rings. The van der Waals surface area contributed by atoms with Crippen LogP contribution in [0.4, 0.5) is 19.0 Å². The van der Waals surface area contributed by atoms with Crippen LogP contribution in [0.25, 0.3) is 10.2 Å². The van der Waals surface area contributed by atoms with Crippen molar-refractivity contribution in [2.24, 2.45) is 5.92 Å². The number of aromatic nitrogens is 1. The highest BCUT2D eigenvalue weighted by atomic mass is 32.1. The summed E-state index contributed by atoms with van der Waals surface area (Å²) in [4.78, 5) is 20.7. The van der Waals surface area contributed by atoms with Crippen LogP contribution in [0, 0.1) is 5.92 Å². The average molecular weight is 440 g/mol. The lowest BCUT2D eigenvalue weighted by Gasteiger charge is -2.52. The second kappa shape index (κ2) is 7.35. The van der Waals surface area contributed by atoms with Crippen LogP contribution in [-0.2, 0) is 10.9 Å². The number of halogens is 3. The number of thiophene rings is 1. The van der Waals surface area contributed by atoms with Gasteiger partial charge in [-0.1, -0.05) is 0 Å². The summed E-state index contributed by atoms with van der Waals surface area (Å²) >= 11 is 0.903. The molecule has 2 aliphatic heterocycles. The van der Waals surface area contributed by atoms with E-state index in [1.165, 1.54) is 25.3 Å². The van der Waals surface area contributed by atoms with Gasteiger partial charge in [-0.2, -0.15) is 13.2 Å². The SMILES string of the molecule is CNC(=O)c1csc2c(C(F)(F)F)cc(N3CC(N4CC(OCC5CC5)C4)C3)nc12. The van der Waals surface area contributed by atoms with Gasteiger partial charge in [0.2, 0.25) is 0 Å². The van der Waals surface area contributed by atoms with Gasteiger partial charge in [-0.15, -0.1) is 11.3 Å². The maximum Gasteiger partial charge on any atom is 0.417 e. The third-order valence-electron chi connectivity index (χ3n) is 6.13. The molecule has 0 bridgehead atoms. The smallest absolute Gasteiger partial charge is 0.375 e. The number of carbonyl (C=O) groups excluding carboxylic acids is 1. The first-order valence-corrected chi connectivity index (χ1v) is 11.0. The number of nitrogens with one attached hydrogen (secondary N) is 1. The van der Waals surface area contributed by atoms with Crippen molar-refractivity contribution < 1.29 is 22.7 Å². The molecular formula is C20H23F3N4O2S. The molecule has 1 aliphatic carbocycles. The topological polar surface area (TPSA) is 57.7 Å². The summed E-state index contributed by atoms with van der Waals surface area (Å²) in [6, 6.07) is 1.42. The standard InChI is InChI=1S/C20H23F3N4O2S/c1-24-19(28)14-10-30-18-15(20(21,22)23)4-16(25-17(14)18)27-5-12(6-27)26-7-13(8-26)29-9-11-2-3-11/h4,10-13H,2-3,5-9H2,1H3,(H,24,28). The van der Waals surface area contributed by atoms with Crippen molar-refractivity contribution in [3.63, 3.8) is 0 Å². The van der Waals surface area contributed by atoms with Gasteiger partial charge in [0.05, 0.1) is 27.4 Å². The van der Waals surface area contributed by atoms with Crippen molar-refractivity contribution >= 4 is 33.3 Å². The maximum atomic E-state index is 13.7. The third kappa shape index (κ3) is 3.65. The highest BCUT2D eigenvalue weighted by molar-refractivity contribution is 7.17. The Kier molecular flexibility index (Phi) is 4.90. The van der Waals surface area contributed by atoms with Crippen LogP contribution in [0.2, 0.25) is 0 Å². The number of alkyl halides is 3. The minimum absolute atomic E-state index is 0.000296.